The van der Waals surface area contributed by atoms with E-state index in [1.807, 2.05) is 18.2 Å². The van der Waals surface area contributed by atoms with Gasteiger partial charge in [0.1, 0.15) is 0 Å². The minimum absolute atomic E-state index is 0.428. The molecule has 1 aromatic carbocycles. The summed E-state index contributed by atoms with van der Waals surface area (Å²) in [5.41, 5.74) is 1.31. The largest absolute Gasteiger partial charge is 0.304 e. The minimum atomic E-state index is 0.428. The number of nitrogens with zero attached hydrogens (tertiary/aromatic N) is 1. The van der Waals surface area contributed by atoms with Crippen LogP contribution >= 0.6 is 0 Å². The highest BCUT2D eigenvalue weighted by Gasteiger charge is 2.02. The molecule has 0 aliphatic rings. The Balaban J connectivity index is 2.41. The summed E-state index contributed by atoms with van der Waals surface area (Å²) < 4.78 is 0. The average molecular weight is 174 g/mol. The Hall–Kier alpha value is -1.33. The van der Waals surface area contributed by atoms with Gasteiger partial charge in [-0.25, -0.2) is 0 Å². The van der Waals surface area contributed by atoms with Crippen molar-refractivity contribution in [1.82, 2.24) is 5.32 Å². The van der Waals surface area contributed by atoms with E-state index in [4.69, 9.17) is 5.26 Å². The van der Waals surface area contributed by atoms with Crippen LogP contribution in [-0.2, 0) is 0 Å². The predicted molar refractivity (Wildman–Crippen MR) is 53.3 cm³/mol. The maximum Gasteiger partial charge on any atom is 0.0841 e. The lowest BCUT2D eigenvalue weighted by Gasteiger charge is -2.10. The standard InChI is InChI=1S/C11H14N2/c1-10(9-13-8-7-12)11-5-3-2-4-6-11/h2-6,10,13H,8-9H2,1H3/t10-/m1/s1. The number of rotatable bonds is 4. The van der Waals surface area contributed by atoms with Gasteiger partial charge in [0.25, 0.3) is 0 Å². The third-order valence-electron chi connectivity index (χ3n) is 2.02. The Labute approximate surface area is 79.2 Å². The average Bonchev–Trinajstić information content (AvgIpc) is 2.19. The number of benzene rings is 1. The predicted octanol–water partition coefficient (Wildman–Crippen LogP) is 1.90. The quantitative estimate of drug-likeness (QED) is 0.559. The molecule has 0 spiro atoms. The summed E-state index contributed by atoms with van der Waals surface area (Å²) in [5, 5.41) is 11.4. The molecule has 1 rings (SSSR count). The van der Waals surface area contributed by atoms with Gasteiger partial charge in [0.2, 0.25) is 0 Å². The highest BCUT2D eigenvalue weighted by atomic mass is 14.8. The van der Waals surface area contributed by atoms with Gasteiger partial charge in [0.15, 0.2) is 0 Å². The number of nitriles is 1. The van der Waals surface area contributed by atoms with Gasteiger partial charge in [-0.3, -0.25) is 0 Å². The van der Waals surface area contributed by atoms with E-state index in [-0.39, 0.29) is 0 Å². The number of hydrogen-bond acceptors (Lipinski definition) is 2. The monoisotopic (exact) mass is 174 g/mol. The van der Waals surface area contributed by atoms with Crippen LogP contribution in [0.1, 0.15) is 18.4 Å². The molecular formula is C11H14N2. The van der Waals surface area contributed by atoms with Crippen LogP contribution in [0.5, 0.6) is 0 Å². The molecule has 0 aromatic heterocycles. The van der Waals surface area contributed by atoms with Crippen molar-refractivity contribution < 1.29 is 0 Å². The molecule has 1 N–H and O–H groups in total. The number of nitrogens with one attached hydrogen (secondary N) is 1. The molecule has 2 nitrogen and oxygen atoms in total. The summed E-state index contributed by atoms with van der Waals surface area (Å²) in [7, 11) is 0. The van der Waals surface area contributed by atoms with Crippen molar-refractivity contribution >= 4 is 0 Å². The molecule has 0 aliphatic carbocycles. The van der Waals surface area contributed by atoms with E-state index >= 15 is 0 Å². The van der Waals surface area contributed by atoms with Gasteiger partial charge in [-0.15, -0.1) is 0 Å². The molecule has 0 fully saturated rings. The minimum Gasteiger partial charge on any atom is -0.304 e. The van der Waals surface area contributed by atoms with Gasteiger partial charge in [0.05, 0.1) is 12.6 Å². The molecule has 0 heterocycles. The van der Waals surface area contributed by atoms with Gasteiger partial charge < -0.3 is 5.32 Å². The summed E-state index contributed by atoms with van der Waals surface area (Å²) in [6.45, 7) is 3.44. The SMILES string of the molecule is C[C@H](CNCC#N)c1ccccc1. The van der Waals surface area contributed by atoms with Crippen molar-refractivity contribution in [2.75, 3.05) is 13.1 Å². The molecule has 68 valence electrons. The zero-order valence-corrected chi connectivity index (χ0v) is 7.83. The lowest BCUT2D eigenvalue weighted by Crippen LogP contribution is -2.20. The van der Waals surface area contributed by atoms with Crippen LogP contribution in [-0.4, -0.2) is 13.1 Å². The zero-order valence-electron chi connectivity index (χ0n) is 7.83. The van der Waals surface area contributed by atoms with Gasteiger partial charge >= 0.3 is 0 Å². The Bertz CT molecular complexity index is 274. The van der Waals surface area contributed by atoms with Crippen LogP contribution in [0, 0.1) is 11.3 Å². The molecule has 13 heavy (non-hydrogen) atoms. The van der Waals surface area contributed by atoms with Gasteiger partial charge in [-0.1, -0.05) is 37.3 Å². The third kappa shape index (κ3) is 3.27. The first-order valence-corrected chi connectivity index (χ1v) is 4.47. The molecule has 0 aliphatic heterocycles. The van der Waals surface area contributed by atoms with Gasteiger partial charge in [-0.2, -0.15) is 5.26 Å². The molecule has 1 aromatic rings. The highest BCUT2D eigenvalue weighted by Crippen LogP contribution is 2.12. The first-order chi connectivity index (χ1) is 6.34. The van der Waals surface area contributed by atoms with Crippen molar-refractivity contribution in [1.29, 1.82) is 5.26 Å². The van der Waals surface area contributed by atoms with Crippen molar-refractivity contribution in [3.8, 4) is 6.07 Å². The maximum atomic E-state index is 8.34. The van der Waals surface area contributed by atoms with Crippen LogP contribution in [0.4, 0.5) is 0 Å². The smallest absolute Gasteiger partial charge is 0.0841 e. The molecule has 0 unspecified atom stereocenters. The molecule has 0 radical (unpaired) electrons. The fourth-order valence-electron chi connectivity index (χ4n) is 1.24. The Morgan fingerprint density at radius 3 is 2.69 bits per heavy atom. The van der Waals surface area contributed by atoms with Gasteiger partial charge in [-0.05, 0) is 11.5 Å². The van der Waals surface area contributed by atoms with Crippen LogP contribution < -0.4 is 5.32 Å². The third-order valence-corrected chi connectivity index (χ3v) is 2.02. The van der Waals surface area contributed by atoms with E-state index in [0.717, 1.165) is 6.54 Å². The molecule has 1 atom stereocenters. The van der Waals surface area contributed by atoms with Crippen LogP contribution in [0.3, 0.4) is 0 Å². The van der Waals surface area contributed by atoms with E-state index in [9.17, 15) is 0 Å². The Kier molecular flexibility index (Phi) is 4.01. The molecular weight excluding hydrogens is 160 g/mol. The summed E-state index contributed by atoms with van der Waals surface area (Å²) in [4.78, 5) is 0. The van der Waals surface area contributed by atoms with E-state index in [1.165, 1.54) is 5.56 Å². The van der Waals surface area contributed by atoms with Crippen molar-refractivity contribution in [3.05, 3.63) is 35.9 Å². The first kappa shape index (κ1) is 9.76. The lowest BCUT2D eigenvalue weighted by atomic mass is 10.0. The summed E-state index contributed by atoms with van der Waals surface area (Å²) in [5.74, 6) is 0.467. The van der Waals surface area contributed by atoms with Crippen molar-refractivity contribution in [2.24, 2.45) is 0 Å². The second-order valence-electron chi connectivity index (χ2n) is 3.10. The second kappa shape index (κ2) is 5.34. The first-order valence-electron chi connectivity index (χ1n) is 4.47. The second-order valence-corrected chi connectivity index (χ2v) is 3.10. The van der Waals surface area contributed by atoms with Crippen molar-refractivity contribution in [3.63, 3.8) is 0 Å². The molecule has 0 bridgehead atoms. The summed E-state index contributed by atoms with van der Waals surface area (Å²) in [6.07, 6.45) is 0. The Morgan fingerprint density at radius 1 is 1.38 bits per heavy atom. The number of hydrogen-bond donors (Lipinski definition) is 1. The van der Waals surface area contributed by atoms with Gasteiger partial charge in [0, 0.05) is 6.54 Å². The van der Waals surface area contributed by atoms with E-state index < -0.39 is 0 Å². The van der Waals surface area contributed by atoms with E-state index in [1.54, 1.807) is 0 Å². The van der Waals surface area contributed by atoms with Crippen LogP contribution in [0.2, 0.25) is 0 Å². The zero-order chi connectivity index (χ0) is 9.52. The topological polar surface area (TPSA) is 35.8 Å². The fourth-order valence-corrected chi connectivity index (χ4v) is 1.24. The summed E-state index contributed by atoms with van der Waals surface area (Å²) >= 11 is 0. The lowest BCUT2D eigenvalue weighted by molar-refractivity contribution is 0.654. The normalized spacial score (nSPS) is 12.0. The van der Waals surface area contributed by atoms with E-state index in [0.29, 0.717) is 12.5 Å². The maximum absolute atomic E-state index is 8.34. The molecule has 0 saturated heterocycles. The van der Waals surface area contributed by atoms with Crippen LogP contribution in [0.25, 0.3) is 0 Å². The fraction of sp³-hybridized carbons (Fsp3) is 0.364. The molecule has 2 heteroatoms. The highest BCUT2D eigenvalue weighted by molar-refractivity contribution is 5.18. The van der Waals surface area contributed by atoms with Crippen molar-refractivity contribution in [2.45, 2.75) is 12.8 Å². The molecule has 0 amide bonds. The van der Waals surface area contributed by atoms with Crippen LogP contribution in [0.15, 0.2) is 30.3 Å². The summed E-state index contributed by atoms with van der Waals surface area (Å²) in [6, 6.07) is 12.4. The molecule has 0 saturated carbocycles. The van der Waals surface area contributed by atoms with E-state index in [2.05, 4.69) is 30.4 Å². The Morgan fingerprint density at radius 2 is 2.08 bits per heavy atom.